The molecule has 0 N–H and O–H groups in total. The Morgan fingerprint density at radius 1 is 0.297 bits per heavy atom. The molecule has 0 fully saturated rings. The van der Waals surface area contributed by atoms with Gasteiger partial charge in [-0.2, -0.15) is 0 Å². The van der Waals surface area contributed by atoms with Gasteiger partial charge in [0, 0.05) is 19.3 Å². The Balaban J connectivity index is 4.55. The molecule has 1 unspecified atom stereocenters. The van der Waals surface area contributed by atoms with Gasteiger partial charge in [-0.3, -0.25) is 14.4 Å². The van der Waals surface area contributed by atoms with Crippen molar-refractivity contribution in [2.45, 2.75) is 252 Å². The zero-order valence-electron chi connectivity index (χ0n) is 47.5. The Morgan fingerprint density at radius 2 is 0.581 bits per heavy atom. The number of ether oxygens (including phenoxy) is 3. The molecule has 0 amide bonds. The van der Waals surface area contributed by atoms with E-state index in [9.17, 15) is 14.4 Å². The van der Waals surface area contributed by atoms with Crippen LogP contribution in [-0.4, -0.2) is 37.2 Å². The molecule has 0 radical (unpaired) electrons. The first-order valence-electron chi connectivity index (χ1n) is 29.9. The number of unbranched alkanes of at least 4 members (excludes halogenated alkanes) is 19. The fraction of sp³-hybridized carbons (Fsp3) is 0.603. The quantitative estimate of drug-likeness (QED) is 0.0199. The van der Waals surface area contributed by atoms with Crippen molar-refractivity contribution in [2.75, 3.05) is 13.2 Å². The van der Waals surface area contributed by atoms with Gasteiger partial charge in [0.05, 0.1) is 0 Å². The van der Waals surface area contributed by atoms with E-state index in [1.807, 2.05) is 0 Å². The first-order valence-corrected chi connectivity index (χ1v) is 29.9. The molecule has 0 aromatic heterocycles. The predicted molar refractivity (Wildman–Crippen MR) is 320 cm³/mol. The summed E-state index contributed by atoms with van der Waals surface area (Å²) in [6.07, 6.45) is 86.9. The van der Waals surface area contributed by atoms with Crippen LogP contribution in [0.5, 0.6) is 0 Å². The molecule has 0 aromatic carbocycles. The van der Waals surface area contributed by atoms with Crippen molar-refractivity contribution in [3.05, 3.63) is 146 Å². The smallest absolute Gasteiger partial charge is 0.306 e. The van der Waals surface area contributed by atoms with Crippen LogP contribution in [0.25, 0.3) is 0 Å². The van der Waals surface area contributed by atoms with Gasteiger partial charge in [-0.05, 0) is 128 Å². The number of allylic oxidation sites excluding steroid dienone is 24. The first kappa shape index (κ1) is 69.3. The van der Waals surface area contributed by atoms with Crippen LogP contribution in [0.1, 0.15) is 245 Å². The summed E-state index contributed by atoms with van der Waals surface area (Å²) in [6, 6.07) is 0. The molecule has 1 atom stereocenters. The van der Waals surface area contributed by atoms with Gasteiger partial charge in [-0.25, -0.2) is 0 Å². The summed E-state index contributed by atoms with van der Waals surface area (Å²) in [5.74, 6) is -0.980. The van der Waals surface area contributed by atoms with Crippen LogP contribution >= 0.6 is 0 Å². The highest BCUT2D eigenvalue weighted by atomic mass is 16.6. The van der Waals surface area contributed by atoms with E-state index in [4.69, 9.17) is 14.2 Å². The molecule has 0 aliphatic carbocycles. The highest BCUT2D eigenvalue weighted by molar-refractivity contribution is 5.71. The van der Waals surface area contributed by atoms with E-state index in [1.54, 1.807) is 0 Å². The van der Waals surface area contributed by atoms with Crippen LogP contribution in [0, 0.1) is 0 Å². The number of carbonyl (C=O) groups is 3. The van der Waals surface area contributed by atoms with Gasteiger partial charge in [0.25, 0.3) is 0 Å². The molecular formula is C68H108O6. The fourth-order valence-electron chi connectivity index (χ4n) is 7.70. The van der Waals surface area contributed by atoms with Crippen LogP contribution in [0.4, 0.5) is 0 Å². The minimum absolute atomic E-state index is 0.111. The Bertz CT molecular complexity index is 1640. The second kappa shape index (κ2) is 60.8. The van der Waals surface area contributed by atoms with Crippen LogP contribution < -0.4 is 0 Å². The third-order valence-corrected chi connectivity index (χ3v) is 12.1. The van der Waals surface area contributed by atoms with Gasteiger partial charge in [-0.1, -0.05) is 244 Å². The van der Waals surface area contributed by atoms with Crippen LogP contribution in [0.3, 0.4) is 0 Å². The van der Waals surface area contributed by atoms with Crippen molar-refractivity contribution in [1.29, 1.82) is 0 Å². The normalized spacial score (nSPS) is 13.2. The van der Waals surface area contributed by atoms with E-state index in [2.05, 4.69) is 167 Å². The maximum atomic E-state index is 12.9. The highest BCUT2D eigenvalue weighted by Gasteiger charge is 2.19. The van der Waals surface area contributed by atoms with Gasteiger partial charge in [-0.15, -0.1) is 0 Å². The summed E-state index contributed by atoms with van der Waals surface area (Å²) < 4.78 is 16.8. The van der Waals surface area contributed by atoms with E-state index < -0.39 is 6.10 Å². The van der Waals surface area contributed by atoms with Gasteiger partial charge in [0.1, 0.15) is 13.2 Å². The molecule has 6 heteroatoms. The van der Waals surface area contributed by atoms with Crippen molar-refractivity contribution < 1.29 is 28.6 Å². The SMILES string of the molecule is CC/C=C\C/C=C\C/C=C\C/C=C\C/C=C\CCCCCC(=O)OCC(COC(=O)CCCCCCC\C=C/C=C\C=C/CCCCCCC)OC(=O)CCCCCCCC/C=C\C/C=C\C/C=C\C/C=C\CC. The first-order chi connectivity index (χ1) is 36.5. The minimum Gasteiger partial charge on any atom is -0.462 e. The van der Waals surface area contributed by atoms with Gasteiger partial charge in [0.15, 0.2) is 6.10 Å². The second-order valence-electron chi connectivity index (χ2n) is 19.2. The third kappa shape index (κ3) is 58.2. The number of esters is 3. The summed E-state index contributed by atoms with van der Waals surface area (Å²) in [4.78, 5) is 38.3. The summed E-state index contributed by atoms with van der Waals surface area (Å²) in [5.41, 5.74) is 0. The average Bonchev–Trinajstić information content (AvgIpc) is 3.40. The lowest BCUT2D eigenvalue weighted by molar-refractivity contribution is -0.167. The van der Waals surface area contributed by atoms with E-state index in [0.717, 1.165) is 161 Å². The molecular weight excluding hydrogens is 913 g/mol. The largest absolute Gasteiger partial charge is 0.462 e. The molecule has 0 saturated carbocycles. The summed E-state index contributed by atoms with van der Waals surface area (Å²) in [6.45, 7) is 6.33. The number of carbonyl (C=O) groups excluding carboxylic acids is 3. The van der Waals surface area contributed by atoms with Gasteiger partial charge < -0.3 is 14.2 Å². The highest BCUT2D eigenvalue weighted by Crippen LogP contribution is 2.13. The average molecular weight is 1020 g/mol. The molecule has 0 saturated heterocycles. The van der Waals surface area contributed by atoms with Crippen molar-refractivity contribution in [3.63, 3.8) is 0 Å². The lowest BCUT2D eigenvalue weighted by Crippen LogP contribution is -2.30. The van der Waals surface area contributed by atoms with E-state index in [-0.39, 0.29) is 31.1 Å². The monoisotopic (exact) mass is 1020 g/mol. The zero-order valence-corrected chi connectivity index (χ0v) is 47.5. The van der Waals surface area contributed by atoms with E-state index in [0.29, 0.717) is 19.3 Å². The number of rotatable bonds is 52. The Hall–Kier alpha value is -4.71. The Kier molecular flexibility index (Phi) is 57.0. The van der Waals surface area contributed by atoms with Gasteiger partial charge >= 0.3 is 17.9 Å². The maximum Gasteiger partial charge on any atom is 0.306 e. The summed E-state index contributed by atoms with van der Waals surface area (Å²) in [5, 5.41) is 0. The molecule has 74 heavy (non-hydrogen) atoms. The second-order valence-corrected chi connectivity index (χ2v) is 19.2. The molecule has 0 aromatic rings. The van der Waals surface area contributed by atoms with Crippen LogP contribution in [0.2, 0.25) is 0 Å². The van der Waals surface area contributed by atoms with Crippen molar-refractivity contribution in [1.82, 2.24) is 0 Å². The lowest BCUT2D eigenvalue weighted by Gasteiger charge is -2.18. The Labute approximate surface area is 455 Å². The van der Waals surface area contributed by atoms with E-state index >= 15 is 0 Å². The summed E-state index contributed by atoms with van der Waals surface area (Å²) >= 11 is 0. The number of hydrogen-bond acceptors (Lipinski definition) is 6. The molecule has 0 rings (SSSR count). The van der Waals surface area contributed by atoms with Crippen LogP contribution in [-0.2, 0) is 28.6 Å². The standard InChI is InChI=1S/C68H108O6/c1-4-7-10-13-16-19-22-25-28-31-34-37-40-43-46-49-52-55-58-61-67(70)73-64-65(63-72-66(69)60-57-54-51-48-45-42-39-36-33-30-27-24-21-18-15-12-9-6-3)74-68(71)62-59-56-53-50-47-44-41-38-35-32-29-26-23-20-17-14-11-8-5-2/h7-8,10-11,16-17,19-20,24-30,33-39,43,46,65H,4-6,9,12-15,18,21-23,31-32,40-42,44-45,47-64H2,1-3H3/b10-7-,11-8-,19-16-,20-17-,27-24-,28-25-,29-26-,33-30-,37-34-,38-35-,39-36-,46-43-. The topological polar surface area (TPSA) is 78.9 Å². The van der Waals surface area contributed by atoms with Crippen molar-refractivity contribution in [3.8, 4) is 0 Å². The molecule has 0 heterocycles. The molecule has 0 aliphatic rings. The van der Waals surface area contributed by atoms with E-state index in [1.165, 1.54) is 44.9 Å². The molecule has 0 spiro atoms. The van der Waals surface area contributed by atoms with Gasteiger partial charge in [0.2, 0.25) is 0 Å². The number of hydrogen-bond donors (Lipinski definition) is 0. The minimum atomic E-state index is -0.816. The molecule has 0 aliphatic heterocycles. The third-order valence-electron chi connectivity index (χ3n) is 12.1. The zero-order chi connectivity index (χ0) is 53.6. The predicted octanol–water partition coefficient (Wildman–Crippen LogP) is 20.4. The van der Waals surface area contributed by atoms with Crippen molar-refractivity contribution in [2.24, 2.45) is 0 Å². The fourth-order valence-corrected chi connectivity index (χ4v) is 7.70. The molecule has 0 bridgehead atoms. The van der Waals surface area contributed by atoms with Crippen molar-refractivity contribution >= 4 is 17.9 Å². The molecule has 416 valence electrons. The lowest BCUT2D eigenvalue weighted by atomic mass is 10.1. The Morgan fingerprint density at radius 3 is 0.946 bits per heavy atom. The molecule has 6 nitrogen and oxygen atoms in total. The van der Waals surface area contributed by atoms with Crippen LogP contribution in [0.15, 0.2) is 146 Å². The maximum absolute atomic E-state index is 12.9. The summed E-state index contributed by atoms with van der Waals surface area (Å²) in [7, 11) is 0.